The van der Waals surface area contributed by atoms with Gasteiger partial charge < -0.3 is 4.57 Å². The summed E-state index contributed by atoms with van der Waals surface area (Å²) in [6.45, 7) is 5.11. The first-order chi connectivity index (χ1) is 11.3. The predicted molar refractivity (Wildman–Crippen MR) is 96.5 cm³/mol. The fourth-order valence-corrected chi connectivity index (χ4v) is 2.94. The number of rotatable bonds is 7. The van der Waals surface area contributed by atoms with E-state index in [0.717, 1.165) is 31.0 Å². The Morgan fingerprint density at radius 1 is 1.00 bits per heavy atom. The van der Waals surface area contributed by atoms with Crippen molar-refractivity contribution in [2.75, 3.05) is 13.6 Å². The van der Waals surface area contributed by atoms with E-state index in [-0.39, 0.29) is 0 Å². The van der Waals surface area contributed by atoms with Crippen molar-refractivity contribution >= 4 is 11.0 Å². The minimum atomic E-state index is 0.873. The Kier molecular flexibility index (Phi) is 5.09. The first kappa shape index (κ1) is 15.8. The molecule has 0 amide bonds. The van der Waals surface area contributed by atoms with Gasteiger partial charge in [-0.3, -0.25) is 4.90 Å². The molecule has 0 aliphatic heterocycles. The van der Waals surface area contributed by atoms with Crippen LogP contribution in [0.15, 0.2) is 54.6 Å². The van der Waals surface area contributed by atoms with Gasteiger partial charge in [0.1, 0.15) is 5.82 Å². The van der Waals surface area contributed by atoms with E-state index in [1.807, 2.05) is 0 Å². The molecule has 3 nitrogen and oxygen atoms in total. The Labute approximate surface area is 138 Å². The first-order valence-corrected chi connectivity index (χ1v) is 8.44. The van der Waals surface area contributed by atoms with Crippen LogP contribution in [0.4, 0.5) is 0 Å². The van der Waals surface area contributed by atoms with Crippen molar-refractivity contribution in [3.8, 4) is 0 Å². The van der Waals surface area contributed by atoms with Gasteiger partial charge >= 0.3 is 0 Å². The zero-order valence-corrected chi connectivity index (χ0v) is 14.1. The van der Waals surface area contributed by atoms with Gasteiger partial charge in [0.05, 0.1) is 17.6 Å². The van der Waals surface area contributed by atoms with Gasteiger partial charge in [-0.25, -0.2) is 4.98 Å². The lowest BCUT2D eigenvalue weighted by molar-refractivity contribution is 0.309. The van der Waals surface area contributed by atoms with Crippen molar-refractivity contribution in [3.05, 3.63) is 66.0 Å². The maximum absolute atomic E-state index is 4.88. The summed E-state index contributed by atoms with van der Waals surface area (Å²) in [4.78, 5) is 7.25. The van der Waals surface area contributed by atoms with Crippen molar-refractivity contribution in [3.63, 3.8) is 0 Å². The molecule has 3 rings (SSSR count). The Bertz CT molecular complexity index is 746. The first-order valence-electron chi connectivity index (χ1n) is 8.44. The monoisotopic (exact) mass is 307 g/mol. The average Bonchev–Trinajstić information content (AvgIpc) is 2.91. The van der Waals surface area contributed by atoms with Gasteiger partial charge in [-0.2, -0.15) is 0 Å². The Morgan fingerprint density at radius 2 is 1.74 bits per heavy atom. The summed E-state index contributed by atoms with van der Waals surface area (Å²) in [6.07, 6.45) is 2.46. The molecule has 2 aromatic carbocycles. The molecule has 0 bridgehead atoms. The molecule has 0 spiro atoms. The fourth-order valence-electron chi connectivity index (χ4n) is 2.94. The highest BCUT2D eigenvalue weighted by Gasteiger charge is 2.12. The van der Waals surface area contributed by atoms with E-state index in [1.165, 1.54) is 23.9 Å². The van der Waals surface area contributed by atoms with Crippen LogP contribution in [0, 0.1) is 0 Å². The lowest BCUT2D eigenvalue weighted by Gasteiger charge is -2.17. The maximum Gasteiger partial charge on any atom is 0.124 e. The number of unbranched alkanes of at least 4 members (excludes halogenated alkanes) is 1. The number of hydrogen-bond donors (Lipinski definition) is 0. The van der Waals surface area contributed by atoms with Crippen LogP contribution in [0.5, 0.6) is 0 Å². The summed E-state index contributed by atoms with van der Waals surface area (Å²) >= 11 is 0. The molecule has 3 aromatic rings. The van der Waals surface area contributed by atoms with Crippen molar-refractivity contribution in [1.29, 1.82) is 0 Å². The zero-order chi connectivity index (χ0) is 16.1. The van der Waals surface area contributed by atoms with Crippen LogP contribution < -0.4 is 0 Å². The number of benzene rings is 2. The van der Waals surface area contributed by atoms with E-state index >= 15 is 0 Å². The Hall–Kier alpha value is -2.13. The van der Waals surface area contributed by atoms with E-state index in [9.17, 15) is 0 Å². The highest BCUT2D eigenvalue weighted by Crippen LogP contribution is 2.19. The highest BCUT2D eigenvalue weighted by molar-refractivity contribution is 5.76. The highest BCUT2D eigenvalue weighted by atomic mass is 15.2. The lowest BCUT2D eigenvalue weighted by atomic mass is 10.2. The van der Waals surface area contributed by atoms with Gasteiger partial charge in [0, 0.05) is 6.54 Å². The largest absolute Gasteiger partial charge is 0.322 e. The molecule has 0 N–H and O–H groups in total. The molecule has 1 aromatic heterocycles. The van der Waals surface area contributed by atoms with Crippen molar-refractivity contribution < 1.29 is 0 Å². The zero-order valence-electron chi connectivity index (χ0n) is 14.1. The van der Waals surface area contributed by atoms with Crippen molar-refractivity contribution in [1.82, 2.24) is 14.5 Å². The molecule has 0 radical (unpaired) electrons. The smallest absolute Gasteiger partial charge is 0.124 e. The van der Waals surface area contributed by atoms with Crippen LogP contribution in [0.2, 0.25) is 0 Å². The molecule has 0 unspecified atom stereocenters. The Morgan fingerprint density at radius 3 is 2.52 bits per heavy atom. The molecule has 0 saturated carbocycles. The third-order valence-corrected chi connectivity index (χ3v) is 4.22. The van der Waals surface area contributed by atoms with Gasteiger partial charge in [-0.1, -0.05) is 55.8 Å². The Balaban J connectivity index is 1.91. The van der Waals surface area contributed by atoms with E-state index in [1.54, 1.807) is 0 Å². The minimum absolute atomic E-state index is 0.873. The molecule has 0 saturated heterocycles. The van der Waals surface area contributed by atoms with E-state index < -0.39 is 0 Å². The summed E-state index contributed by atoms with van der Waals surface area (Å²) in [5.41, 5.74) is 3.62. The van der Waals surface area contributed by atoms with Crippen LogP contribution >= 0.6 is 0 Å². The predicted octanol–water partition coefficient (Wildman–Crippen LogP) is 4.32. The second kappa shape index (κ2) is 7.42. The number of aromatic nitrogens is 2. The second-order valence-corrected chi connectivity index (χ2v) is 6.18. The minimum Gasteiger partial charge on any atom is -0.322 e. The lowest BCUT2D eigenvalue weighted by Crippen LogP contribution is -2.21. The van der Waals surface area contributed by atoms with Crippen LogP contribution in [0.25, 0.3) is 11.0 Å². The number of hydrogen-bond acceptors (Lipinski definition) is 2. The van der Waals surface area contributed by atoms with Gasteiger partial charge in [-0.05, 0) is 37.7 Å². The third kappa shape index (κ3) is 3.80. The summed E-state index contributed by atoms with van der Waals surface area (Å²) in [5, 5.41) is 0. The quantitative estimate of drug-likeness (QED) is 0.648. The molecule has 120 valence electrons. The van der Waals surface area contributed by atoms with E-state index in [0.29, 0.717) is 0 Å². The van der Waals surface area contributed by atoms with E-state index in [2.05, 4.69) is 78.0 Å². The standard InChI is InChI=1S/C20H25N3/c1-3-4-14-22(2)16-20-21-18-12-8-9-13-19(18)23(20)15-17-10-6-5-7-11-17/h5-13H,3-4,14-16H2,1-2H3. The summed E-state index contributed by atoms with van der Waals surface area (Å²) < 4.78 is 2.35. The molecular weight excluding hydrogens is 282 g/mol. The van der Waals surface area contributed by atoms with Crippen molar-refractivity contribution in [2.24, 2.45) is 0 Å². The molecule has 0 aliphatic carbocycles. The van der Waals surface area contributed by atoms with Crippen LogP contribution in [-0.2, 0) is 13.1 Å². The number of fused-ring (bicyclic) bond motifs is 1. The van der Waals surface area contributed by atoms with Crippen molar-refractivity contribution in [2.45, 2.75) is 32.9 Å². The molecule has 0 aliphatic rings. The van der Waals surface area contributed by atoms with Crippen LogP contribution in [-0.4, -0.2) is 28.0 Å². The average molecular weight is 307 g/mol. The summed E-state index contributed by atoms with van der Waals surface area (Å²) in [7, 11) is 2.18. The fraction of sp³-hybridized carbons (Fsp3) is 0.350. The van der Waals surface area contributed by atoms with Crippen LogP contribution in [0.3, 0.4) is 0 Å². The summed E-state index contributed by atoms with van der Waals surface area (Å²) in [5.74, 6) is 1.15. The second-order valence-electron chi connectivity index (χ2n) is 6.18. The SMILES string of the molecule is CCCCN(C)Cc1nc2ccccc2n1Cc1ccccc1. The van der Waals surface area contributed by atoms with Gasteiger partial charge in [-0.15, -0.1) is 0 Å². The number of imidazole rings is 1. The van der Waals surface area contributed by atoms with E-state index in [4.69, 9.17) is 4.98 Å². The third-order valence-electron chi connectivity index (χ3n) is 4.22. The molecule has 0 fully saturated rings. The number of para-hydroxylation sites is 2. The van der Waals surface area contributed by atoms with Gasteiger partial charge in [0.25, 0.3) is 0 Å². The molecule has 0 atom stereocenters. The molecular formula is C20H25N3. The van der Waals surface area contributed by atoms with Crippen LogP contribution in [0.1, 0.15) is 31.2 Å². The van der Waals surface area contributed by atoms with Gasteiger partial charge in [0.2, 0.25) is 0 Å². The molecule has 3 heteroatoms. The maximum atomic E-state index is 4.88. The molecule has 23 heavy (non-hydrogen) atoms. The van der Waals surface area contributed by atoms with Gasteiger partial charge in [0.15, 0.2) is 0 Å². The summed E-state index contributed by atoms with van der Waals surface area (Å²) in [6, 6.07) is 19.0. The number of nitrogens with zero attached hydrogens (tertiary/aromatic N) is 3. The molecule has 1 heterocycles. The normalized spacial score (nSPS) is 11.4. The topological polar surface area (TPSA) is 21.1 Å².